The number of rotatable bonds is 5. The molecule has 1 N–H and O–H groups in total. The lowest BCUT2D eigenvalue weighted by molar-refractivity contribution is 0.479. The van der Waals surface area contributed by atoms with Gasteiger partial charge in [-0.25, -0.2) is 0 Å². The summed E-state index contributed by atoms with van der Waals surface area (Å²) in [6.07, 6.45) is 0.796. The molecule has 0 saturated carbocycles. The minimum atomic E-state index is -0.433. The zero-order chi connectivity index (χ0) is 10.4. The number of hydrogen-bond donors (Lipinski definition) is 1. The van der Waals surface area contributed by atoms with Crippen LogP contribution in [-0.4, -0.2) is 28.5 Å². The second-order valence-electron chi connectivity index (χ2n) is 3.00. The summed E-state index contributed by atoms with van der Waals surface area (Å²) in [5.41, 5.74) is 1.28. The molecule has 1 rings (SSSR count). The highest BCUT2D eigenvalue weighted by molar-refractivity contribution is 8.00. The minimum absolute atomic E-state index is 0.433. The average molecular weight is 228 g/mol. The Kier molecular flexibility index (Phi) is 4.32. The number of thioether (sulfide) groups is 1. The SMILES string of the molecule is CNC(C)(C#N)CCSc1nncs1. The number of hydrogen-bond acceptors (Lipinski definition) is 6. The lowest BCUT2D eigenvalue weighted by Crippen LogP contribution is -2.38. The molecule has 0 aliphatic carbocycles. The maximum absolute atomic E-state index is 8.90. The Morgan fingerprint density at radius 1 is 1.79 bits per heavy atom. The van der Waals surface area contributed by atoms with Crippen LogP contribution in [0.25, 0.3) is 0 Å². The van der Waals surface area contributed by atoms with E-state index in [2.05, 4.69) is 21.6 Å². The molecule has 0 spiro atoms. The Morgan fingerprint density at radius 3 is 3.07 bits per heavy atom. The van der Waals surface area contributed by atoms with E-state index in [1.807, 2.05) is 6.92 Å². The summed E-state index contributed by atoms with van der Waals surface area (Å²) < 4.78 is 0.960. The molecule has 0 fully saturated rings. The normalized spacial score (nSPS) is 14.6. The van der Waals surface area contributed by atoms with E-state index in [1.165, 1.54) is 11.3 Å². The number of nitrogens with zero attached hydrogens (tertiary/aromatic N) is 3. The van der Waals surface area contributed by atoms with Gasteiger partial charge in [-0.2, -0.15) is 5.26 Å². The van der Waals surface area contributed by atoms with Gasteiger partial charge in [0.2, 0.25) is 0 Å². The van der Waals surface area contributed by atoms with E-state index in [0.29, 0.717) is 0 Å². The Morgan fingerprint density at radius 2 is 2.57 bits per heavy atom. The molecule has 1 unspecified atom stereocenters. The van der Waals surface area contributed by atoms with Gasteiger partial charge in [-0.15, -0.1) is 10.2 Å². The number of nitrogens with one attached hydrogen (secondary N) is 1. The minimum Gasteiger partial charge on any atom is -0.303 e. The van der Waals surface area contributed by atoms with Gasteiger partial charge in [0.05, 0.1) is 6.07 Å². The maximum Gasteiger partial charge on any atom is 0.174 e. The Balaban J connectivity index is 2.31. The van der Waals surface area contributed by atoms with Crippen LogP contribution in [0, 0.1) is 11.3 Å². The van der Waals surface area contributed by atoms with E-state index in [4.69, 9.17) is 5.26 Å². The fraction of sp³-hybridized carbons (Fsp3) is 0.625. The zero-order valence-corrected chi connectivity index (χ0v) is 9.78. The molecule has 0 amide bonds. The first-order valence-electron chi connectivity index (χ1n) is 4.19. The summed E-state index contributed by atoms with van der Waals surface area (Å²) >= 11 is 3.16. The van der Waals surface area contributed by atoms with Crippen LogP contribution >= 0.6 is 23.1 Å². The monoisotopic (exact) mass is 228 g/mol. The Bertz CT molecular complexity index is 306. The molecular weight excluding hydrogens is 216 g/mol. The largest absolute Gasteiger partial charge is 0.303 e. The summed E-state index contributed by atoms with van der Waals surface area (Å²) in [6.45, 7) is 1.90. The first-order valence-corrected chi connectivity index (χ1v) is 6.06. The third-order valence-electron chi connectivity index (χ3n) is 1.97. The van der Waals surface area contributed by atoms with Crippen LogP contribution in [0.2, 0.25) is 0 Å². The molecule has 1 aromatic heterocycles. The molecule has 6 heteroatoms. The Labute approximate surface area is 91.7 Å². The van der Waals surface area contributed by atoms with Crippen molar-refractivity contribution >= 4 is 23.1 Å². The van der Waals surface area contributed by atoms with Gasteiger partial charge in [0, 0.05) is 5.75 Å². The van der Waals surface area contributed by atoms with Gasteiger partial charge in [-0.05, 0) is 20.4 Å². The van der Waals surface area contributed by atoms with E-state index in [1.54, 1.807) is 24.3 Å². The maximum atomic E-state index is 8.90. The summed E-state index contributed by atoms with van der Waals surface area (Å²) in [4.78, 5) is 0. The fourth-order valence-electron chi connectivity index (χ4n) is 0.805. The highest BCUT2D eigenvalue weighted by atomic mass is 32.2. The predicted octanol–water partition coefficient (Wildman–Crippen LogP) is 1.52. The zero-order valence-electron chi connectivity index (χ0n) is 8.15. The van der Waals surface area contributed by atoms with Crippen molar-refractivity contribution in [2.75, 3.05) is 12.8 Å². The molecule has 14 heavy (non-hydrogen) atoms. The van der Waals surface area contributed by atoms with E-state index in [9.17, 15) is 0 Å². The summed E-state index contributed by atoms with van der Waals surface area (Å²) in [5, 5.41) is 19.6. The van der Waals surface area contributed by atoms with E-state index >= 15 is 0 Å². The van der Waals surface area contributed by atoms with Crippen LogP contribution in [0.4, 0.5) is 0 Å². The highest BCUT2D eigenvalue weighted by Gasteiger charge is 2.20. The third kappa shape index (κ3) is 3.25. The van der Waals surface area contributed by atoms with Crippen LogP contribution in [0.1, 0.15) is 13.3 Å². The summed E-state index contributed by atoms with van der Waals surface area (Å²) in [5.74, 6) is 0.875. The van der Waals surface area contributed by atoms with E-state index in [0.717, 1.165) is 16.5 Å². The van der Waals surface area contributed by atoms with Crippen LogP contribution < -0.4 is 5.32 Å². The van der Waals surface area contributed by atoms with Crippen molar-refractivity contribution in [2.45, 2.75) is 23.2 Å². The average Bonchev–Trinajstić information content (AvgIpc) is 2.70. The van der Waals surface area contributed by atoms with Crippen molar-refractivity contribution in [1.82, 2.24) is 15.5 Å². The fourth-order valence-corrected chi connectivity index (χ4v) is 2.52. The lowest BCUT2D eigenvalue weighted by Gasteiger charge is -2.19. The van der Waals surface area contributed by atoms with Gasteiger partial charge in [0.15, 0.2) is 4.34 Å². The molecule has 1 aromatic rings. The highest BCUT2D eigenvalue weighted by Crippen LogP contribution is 2.22. The van der Waals surface area contributed by atoms with E-state index < -0.39 is 5.54 Å². The molecule has 0 bridgehead atoms. The van der Waals surface area contributed by atoms with Crippen LogP contribution in [0.5, 0.6) is 0 Å². The van der Waals surface area contributed by atoms with Crippen molar-refractivity contribution in [3.05, 3.63) is 5.51 Å². The number of nitriles is 1. The molecule has 1 heterocycles. The molecule has 4 nitrogen and oxygen atoms in total. The van der Waals surface area contributed by atoms with Gasteiger partial charge >= 0.3 is 0 Å². The molecule has 0 aliphatic rings. The topological polar surface area (TPSA) is 61.6 Å². The lowest BCUT2D eigenvalue weighted by atomic mass is 10.0. The van der Waals surface area contributed by atoms with Crippen molar-refractivity contribution in [2.24, 2.45) is 0 Å². The molecule has 0 aromatic carbocycles. The second kappa shape index (κ2) is 5.29. The quantitative estimate of drug-likeness (QED) is 0.774. The number of aromatic nitrogens is 2. The molecule has 0 radical (unpaired) electrons. The van der Waals surface area contributed by atoms with Gasteiger partial charge in [0.25, 0.3) is 0 Å². The van der Waals surface area contributed by atoms with Crippen molar-refractivity contribution < 1.29 is 0 Å². The third-order valence-corrected chi connectivity index (χ3v) is 3.83. The molecular formula is C8H12N4S2. The summed E-state index contributed by atoms with van der Waals surface area (Å²) in [7, 11) is 1.80. The van der Waals surface area contributed by atoms with Crippen molar-refractivity contribution in [3.63, 3.8) is 0 Å². The van der Waals surface area contributed by atoms with Crippen molar-refractivity contribution in [1.29, 1.82) is 5.26 Å². The van der Waals surface area contributed by atoms with Gasteiger partial charge in [-0.1, -0.05) is 23.1 Å². The molecule has 76 valence electrons. The van der Waals surface area contributed by atoms with Crippen molar-refractivity contribution in [3.8, 4) is 6.07 Å². The smallest absolute Gasteiger partial charge is 0.174 e. The molecule has 0 aliphatic heterocycles. The van der Waals surface area contributed by atoms with E-state index in [-0.39, 0.29) is 0 Å². The van der Waals surface area contributed by atoms with Gasteiger partial charge in [0.1, 0.15) is 11.0 Å². The Hall–Kier alpha value is -0.640. The molecule has 1 atom stereocenters. The van der Waals surface area contributed by atoms with Crippen LogP contribution in [0.3, 0.4) is 0 Å². The van der Waals surface area contributed by atoms with Gasteiger partial charge < -0.3 is 5.32 Å². The van der Waals surface area contributed by atoms with Crippen LogP contribution in [-0.2, 0) is 0 Å². The molecule has 0 saturated heterocycles. The van der Waals surface area contributed by atoms with Gasteiger partial charge in [-0.3, -0.25) is 0 Å². The summed E-state index contributed by atoms with van der Waals surface area (Å²) in [6, 6.07) is 2.25. The van der Waals surface area contributed by atoms with Crippen LogP contribution in [0.15, 0.2) is 9.85 Å². The standard InChI is InChI=1S/C8H12N4S2/c1-8(5-9,10-2)3-4-13-7-12-11-6-14-7/h6,10H,3-4H2,1-2H3. The predicted molar refractivity (Wildman–Crippen MR) is 58.3 cm³/mol. The second-order valence-corrected chi connectivity index (χ2v) is 5.17. The first kappa shape index (κ1) is 11.4. The first-order chi connectivity index (χ1) is 6.70.